The molecule has 2 aliphatic heterocycles. The van der Waals surface area contributed by atoms with Gasteiger partial charge < -0.3 is 10.2 Å². The highest BCUT2D eigenvalue weighted by atomic mass is 32.1. The molecule has 184 valence electrons. The van der Waals surface area contributed by atoms with Crippen LogP contribution in [0.2, 0.25) is 0 Å². The van der Waals surface area contributed by atoms with Crippen LogP contribution < -0.4 is 10.2 Å². The van der Waals surface area contributed by atoms with Gasteiger partial charge in [0, 0.05) is 42.8 Å². The molecule has 5 rings (SSSR count). The predicted octanol–water partition coefficient (Wildman–Crippen LogP) is 5.12. The molecule has 2 atom stereocenters. The number of nitrogens with zero attached hydrogens (tertiary/aromatic N) is 2. The number of carbonyl (C=O) groups excluding carboxylic acids is 1. The number of rotatable bonds is 5. The van der Waals surface area contributed by atoms with E-state index in [1.807, 2.05) is 11.4 Å². The van der Waals surface area contributed by atoms with Crippen LogP contribution in [-0.4, -0.2) is 49.1 Å². The summed E-state index contributed by atoms with van der Waals surface area (Å²) >= 11 is 1.67. The fourth-order valence-corrected chi connectivity index (χ4v) is 6.70. The summed E-state index contributed by atoms with van der Waals surface area (Å²) in [7, 11) is 0. The summed E-state index contributed by atoms with van der Waals surface area (Å²) in [6.45, 7) is 2.99. The molecule has 1 saturated heterocycles. The number of nitrogens with one attached hydrogen (secondary N) is 1. The van der Waals surface area contributed by atoms with Gasteiger partial charge in [-0.1, -0.05) is 25.3 Å². The number of piperazine rings is 1. The van der Waals surface area contributed by atoms with Crippen molar-refractivity contribution in [3.05, 3.63) is 51.7 Å². The maximum absolute atomic E-state index is 13.4. The highest BCUT2D eigenvalue weighted by Gasteiger charge is 2.43. The van der Waals surface area contributed by atoms with Crippen molar-refractivity contribution in [1.82, 2.24) is 10.2 Å². The van der Waals surface area contributed by atoms with Crippen molar-refractivity contribution < 1.29 is 18.0 Å². The molecule has 1 N–H and O–H groups in total. The minimum absolute atomic E-state index is 0.0124. The average Bonchev–Trinajstić information content (AvgIpc) is 3.36. The maximum Gasteiger partial charge on any atom is 0.416 e. The number of hydrogen-bond acceptors (Lipinski definition) is 4. The average molecular weight is 492 g/mol. The SMILES string of the molecule is O=C(NCCc1cccs1)[C@H]1Cc2cc(C(F)(F)F)ccc2N2CCN(C3CCCCC3)C[C@@H]12. The Morgan fingerprint density at radius 3 is 2.68 bits per heavy atom. The number of thiophene rings is 1. The zero-order valence-electron chi connectivity index (χ0n) is 19.3. The lowest BCUT2D eigenvalue weighted by atomic mass is 9.82. The molecule has 0 bridgehead atoms. The third kappa shape index (κ3) is 4.98. The Morgan fingerprint density at radius 2 is 1.94 bits per heavy atom. The standard InChI is InChI=1S/C26H32F3N3OS/c27-26(28,29)19-8-9-23-18(15-19)16-22(25(33)30-11-10-21-7-4-14-34-21)24-17-31(12-13-32(23)24)20-5-2-1-3-6-20/h4,7-9,14-15,20,22,24H,1-3,5-6,10-13,16-17H2,(H,30,33)/t22-,24-/m0/s1. The predicted molar refractivity (Wildman–Crippen MR) is 129 cm³/mol. The Bertz CT molecular complexity index is 988. The Kier molecular flexibility index (Phi) is 6.89. The summed E-state index contributed by atoms with van der Waals surface area (Å²) in [4.78, 5) is 19.3. The van der Waals surface area contributed by atoms with Gasteiger partial charge in [-0.25, -0.2) is 0 Å². The van der Waals surface area contributed by atoms with Crippen molar-refractivity contribution >= 4 is 22.9 Å². The van der Waals surface area contributed by atoms with E-state index in [0.717, 1.165) is 31.7 Å². The molecular formula is C26H32F3N3OS. The number of carbonyl (C=O) groups is 1. The van der Waals surface area contributed by atoms with E-state index in [1.54, 1.807) is 17.4 Å². The van der Waals surface area contributed by atoms with E-state index in [2.05, 4.69) is 21.2 Å². The maximum atomic E-state index is 13.4. The smallest absolute Gasteiger partial charge is 0.365 e. The van der Waals surface area contributed by atoms with Gasteiger partial charge in [0.25, 0.3) is 0 Å². The van der Waals surface area contributed by atoms with E-state index < -0.39 is 11.7 Å². The van der Waals surface area contributed by atoms with E-state index in [-0.39, 0.29) is 17.9 Å². The van der Waals surface area contributed by atoms with Crippen LogP contribution in [-0.2, 0) is 23.8 Å². The Balaban J connectivity index is 1.37. The second-order valence-electron chi connectivity index (χ2n) is 9.82. The fourth-order valence-electron chi connectivity index (χ4n) is 5.99. The number of alkyl halides is 3. The van der Waals surface area contributed by atoms with E-state index >= 15 is 0 Å². The quantitative estimate of drug-likeness (QED) is 0.631. The summed E-state index contributed by atoms with van der Waals surface area (Å²) in [5.74, 6) is -0.397. The van der Waals surface area contributed by atoms with Gasteiger partial charge in [0.1, 0.15) is 0 Å². The minimum Gasteiger partial charge on any atom is -0.365 e. The molecule has 1 saturated carbocycles. The second kappa shape index (κ2) is 9.90. The molecule has 0 radical (unpaired) electrons. The third-order valence-corrected chi connectivity index (χ3v) is 8.69. The molecule has 2 aromatic rings. The second-order valence-corrected chi connectivity index (χ2v) is 10.9. The van der Waals surface area contributed by atoms with Gasteiger partial charge in [-0.3, -0.25) is 9.69 Å². The van der Waals surface area contributed by atoms with E-state index in [0.29, 0.717) is 24.6 Å². The van der Waals surface area contributed by atoms with Crippen LogP contribution in [0, 0.1) is 5.92 Å². The summed E-state index contributed by atoms with van der Waals surface area (Å²) in [6, 6.07) is 8.66. The zero-order chi connectivity index (χ0) is 23.7. The van der Waals surface area contributed by atoms with Gasteiger partial charge in [0.15, 0.2) is 0 Å². The highest BCUT2D eigenvalue weighted by Crippen LogP contribution is 2.40. The summed E-state index contributed by atoms with van der Waals surface area (Å²) in [6.07, 6.45) is 2.95. The molecule has 1 aromatic carbocycles. The Labute approximate surface area is 203 Å². The highest BCUT2D eigenvalue weighted by molar-refractivity contribution is 7.09. The van der Waals surface area contributed by atoms with Crippen molar-refractivity contribution in [2.45, 2.75) is 63.2 Å². The van der Waals surface area contributed by atoms with Gasteiger partial charge in [0.05, 0.1) is 17.5 Å². The van der Waals surface area contributed by atoms with Crippen LogP contribution in [0.1, 0.15) is 48.1 Å². The van der Waals surface area contributed by atoms with Crippen molar-refractivity contribution in [3.8, 4) is 0 Å². The van der Waals surface area contributed by atoms with Crippen LogP contribution in [0.15, 0.2) is 35.7 Å². The van der Waals surface area contributed by atoms with Gasteiger partial charge in [-0.15, -0.1) is 11.3 Å². The van der Waals surface area contributed by atoms with E-state index in [4.69, 9.17) is 0 Å². The first kappa shape index (κ1) is 23.7. The third-order valence-electron chi connectivity index (χ3n) is 7.75. The molecule has 34 heavy (non-hydrogen) atoms. The first-order valence-electron chi connectivity index (χ1n) is 12.4. The van der Waals surface area contributed by atoms with Gasteiger partial charge >= 0.3 is 6.18 Å². The fraction of sp³-hybridized carbons (Fsp3) is 0.577. The Morgan fingerprint density at radius 1 is 1.12 bits per heavy atom. The molecule has 0 unspecified atom stereocenters. The number of benzene rings is 1. The topological polar surface area (TPSA) is 35.6 Å². The molecule has 3 heterocycles. The number of fused-ring (bicyclic) bond motifs is 3. The Hall–Kier alpha value is -2.06. The molecule has 1 aliphatic carbocycles. The van der Waals surface area contributed by atoms with E-state index in [1.165, 1.54) is 49.1 Å². The summed E-state index contributed by atoms with van der Waals surface area (Å²) in [5, 5.41) is 5.12. The van der Waals surface area contributed by atoms with Gasteiger partial charge in [-0.2, -0.15) is 13.2 Å². The van der Waals surface area contributed by atoms with E-state index in [9.17, 15) is 18.0 Å². The molecule has 3 aliphatic rings. The lowest BCUT2D eigenvalue weighted by Gasteiger charge is -2.51. The van der Waals surface area contributed by atoms with Crippen LogP contribution in [0.3, 0.4) is 0 Å². The lowest BCUT2D eigenvalue weighted by Crippen LogP contribution is -2.62. The normalized spacial score (nSPS) is 23.9. The van der Waals surface area contributed by atoms with Crippen LogP contribution in [0.4, 0.5) is 18.9 Å². The van der Waals surface area contributed by atoms with Crippen LogP contribution in [0.5, 0.6) is 0 Å². The molecule has 1 amide bonds. The first-order valence-corrected chi connectivity index (χ1v) is 13.3. The number of halogens is 3. The molecule has 1 aromatic heterocycles. The molecular weight excluding hydrogens is 459 g/mol. The number of anilines is 1. The lowest BCUT2D eigenvalue weighted by molar-refractivity contribution is -0.137. The first-order chi connectivity index (χ1) is 16.4. The number of amides is 1. The minimum atomic E-state index is -4.38. The van der Waals surface area contributed by atoms with Crippen LogP contribution >= 0.6 is 11.3 Å². The molecule has 4 nitrogen and oxygen atoms in total. The van der Waals surface area contributed by atoms with Crippen molar-refractivity contribution in [2.75, 3.05) is 31.1 Å². The molecule has 2 fully saturated rings. The van der Waals surface area contributed by atoms with Gasteiger partial charge in [0.2, 0.25) is 5.91 Å². The summed E-state index contributed by atoms with van der Waals surface area (Å²) in [5.41, 5.74) is 0.863. The van der Waals surface area contributed by atoms with Crippen molar-refractivity contribution in [1.29, 1.82) is 0 Å². The van der Waals surface area contributed by atoms with Crippen LogP contribution in [0.25, 0.3) is 0 Å². The monoisotopic (exact) mass is 491 g/mol. The van der Waals surface area contributed by atoms with Crippen molar-refractivity contribution in [2.24, 2.45) is 5.92 Å². The van der Waals surface area contributed by atoms with Crippen molar-refractivity contribution in [3.63, 3.8) is 0 Å². The molecule has 0 spiro atoms. The zero-order valence-corrected chi connectivity index (χ0v) is 20.1. The number of hydrogen-bond donors (Lipinski definition) is 1. The summed E-state index contributed by atoms with van der Waals surface area (Å²) < 4.78 is 40.2. The largest absolute Gasteiger partial charge is 0.416 e. The van der Waals surface area contributed by atoms with Gasteiger partial charge in [-0.05, 0) is 60.9 Å². The molecule has 8 heteroatoms.